The minimum absolute atomic E-state index is 0.0498. The fraction of sp³-hybridized carbons (Fsp3) is 0.533. The van der Waals surface area contributed by atoms with Crippen molar-refractivity contribution in [2.75, 3.05) is 31.1 Å². The van der Waals surface area contributed by atoms with E-state index in [0.29, 0.717) is 37.4 Å². The molecule has 1 aromatic carbocycles. The summed E-state index contributed by atoms with van der Waals surface area (Å²) >= 11 is 0. The quantitative estimate of drug-likeness (QED) is 0.826. The second kappa shape index (κ2) is 6.43. The molecule has 0 amide bonds. The van der Waals surface area contributed by atoms with Crippen LogP contribution in [-0.4, -0.2) is 44.2 Å². The average Bonchev–Trinajstić information content (AvgIpc) is 2.43. The summed E-state index contributed by atoms with van der Waals surface area (Å²) in [6, 6.07) is 0. The van der Waals surface area contributed by atoms with Crippen molar-refractivity contribution in [1.29, 1.82) is 0 Å². The first-order valence-corrected chi connectivity index (χ1v) is 7.64. The maximum absolute atomic E-state index is 13.6. The highest BCUT2D eigenvalue weighted by Gasteiger charge is 2.33. The zero-order valence-electron chi connectivity index (χ0n) is 13.5. The predicted molar refractivity (Wildman–Crippen MR) is 85.8 cm³/mol. The molecule has 0 aromatic heterocycles. The van der Waals surface area contributed by atoms with Crippen LogP contribution in [0.4, 0.5) is 18.6 Å². The molecule has 4 nitrogen and oxygen atoms in total. The van der Waals surface area contributed by atoms with Gasteiger partial charge in [0.15, 0.2) is 0 Å². The van der Waals surface area contributed by atoms with Crippen molar-refractivity contribution in [3.05, 3.63) is 22.3 Å². The first-order chi connectivity index (χ1) is 10.6. The Bertz CT molecular complexity index is 626. The lowest BCUT2D eigenvalue weighted by molar-refractivity contribution is -0.136. The largest absolute Gasteiger partial charge is 0.510 e. The Morgan fingerprint density at radius 1 is 1.13 bits per heavy atom. The second-order valence-corrected chi connectivity index (χ2v) is 6.00. The van der Waals surface area contributed by atoms with Gasteiger partial charge in [-0.3, -0.25) is 4.79 Å². The molecule has 2 N–H and O–H groups in total. The smallest absolute Gasteiger partial charge is 0.481 e. The molecule has 1 saturated heterocycles. The molecular formula is C15H21BF3N2O2-. The third-order valence-corrected chi connectivity index (χ3v) is 4.51. The van der Waals surface area contributed by atoms with E-state index in [0.717, 1.165) is 0 Å². The number of benzene rings is 1. The first kappa shape index (κ1) is 17.7. The van der Waals surface area contributed by atoms with Crippen molar-refractivity contribution >= 4 is 24.1 Å². The highest BCUT2D eigenvalue weighted by molar-refractivity contribution is 6.74. The van der Waals surface area contributed by atoms with Crippen LogP contribution in [0, 0.1) is 20.8 Å². The number of hydrogen-bond donors (Lipinski definition) is 2. The molecule has 2 rings (SSSR count). The summed E-state index contributed by atoms with van der Waals surface area (Å²) in [4.78, 5) is 13.0. The predicted octanol–water partition coefficient (Wildman–Crippen LogP) is 1.70. The summed E-state index contributed by atoms with van der Waals surface area (Å²) in [5.74, 6) is -1.12. The summed E-state index contributed by atoms with van der Waals surface area (Å²) in [5, 5.41) is 12.3. The molecule has 0 unspecified atom stereocenters. The number of carboxylic acid groups (broad SMARTS) is 1. The van der Waals surface area contributed by atoms with Crippen molar-refractivity contribution in [3.8, 4) is 0 Å². The van der Waals surface area contributed by atoms with E-state index >= 15 is 0 Å². The van der Waals surface area contributed by atoms with Gasteiger partial charge in [-0.25, -0.2) is 0 Å². The Kier molecular flexibility index (Phi) is 4.94. The van der Waals surface area contributed by atoms with Crippen LogP contribution < -0.4 is 15.7 Å². The van der Waals surface area contributed by atoms with Crippen LogP contribution in [-0.2, 0) is 11.2 Å². The van der Waals surface area contributed by atoms with Crippen molar-refractivity contribution in [2.45, 2.75) is 27.2 Å². The number of anilines is 1. The molecule has 0 saturated carbocycles. The Labute approximate surface area is 133 Å². The SMILES string of the molecule is Cc1c(CC(=O)O)c(C)c([B-](F)(F)F)c(C)c1N1CCNCC1. The fourth-order valence-corrected chi connectivity index (χ4v) is 3.55. The summed E-state index contributed by atoms with van der Waals surface area (Å²) in [7, 11) is 0. The van der Waals surface area contributed by atoms with E-state index in [1.165, 1.54) is 13.8 Å². The summed E-state index contributed by atoms with van der Waals surface area (Å²) in [6.45, 7) is 2.02. The number of nitrogens with one attached hydrogen (secondary N) is 1. The number of carbonyl (C=O) groups is 1. The number of aliphatic carboxylic acids is 1. The van der Waals surface area contributed by atoms with E-state index in [1.54, 1.807) is 6.92 Å². The summed E-state index contributed by atoms with van der Waals surface area (Å²) in [6.07, 6.45) is -0.393. The first-order valence-electron chi connectivity index (χ1n) is 7.64. The van der Waals surface area contributed by atoms with Crippen molar-refractivity contribution in [2.24, 2.45) is 0 Å². The van der Waals surface area contributed by atoms with Crippen LogP contribution in [0.5, 0.6) is 0 Å². The monoisotopic (exact) mass is 329 g/mol. The summed E-state index contributed by atoms with van der Waals surface area (Å²) in [5.41, 5.74) is 1.10. The molecule has 0 aliphatic carbocycles. The van der Waals surface area contributed by atoms with Gasteiger partial charge in [0.05, 0.1) is 6.42 Å². The maximum atomic E-state index is 13.6. The Morgan fingerprint density at radius 3 is 2.17 bits per heavy atom. The Morgan fingerprint density at radius 2 is 1.70 bits per heavy atom. The van der Waals surface area contributed by atoms with Crippen molar-refractivity contribution < 1.29 is 22.8 Å². The molecule has 0 bridgehead atoms. The highest BCUT2D eigenvalue weighted by atomic mass is 19.4. The van der Waals surface area contributed by atoms with Gasteiger partial charge in [-0.2, -0.15) is 0 Å². The number of piperazine rings is 1. The number of carboxylic acids is 1. The zero-order chi connectivity index (χ0) is 17.4. The highest BCUT2D eigenvalue weighted by Crippen LogP contribution is 2.32. The van der Waals surface area contributed by atoms with E-state index in [4.69, 9.17) is 5.11 Å². The van der Waals surface area contributed by atoms with Crippen molar-refractivity contribution in [1.82, 2.24) is 5.32 Å². The lowest BCUT2D eigenvalue weighted by Crippen LogP contribution is -2.46. The number of rotatable bonds is 4. The van der Waals surface area contributed by atoms with Gasteiger partial charge < -0.3 is 28.3 Å². The summed E-state index contributed by atoms with van der Waals surface area (Å²) < 4.78 is 40.8. The van der Waals surface area contributed by atoms with E-state index < -0.39 is 24.8 Å². The van der Waals surface area contributed by atoms with Gasteiger partial charge >= 0.3 is 12.9 Å². The number of hydrogen-bond acceptors (Lipinski definition) is 3. The van der Waals surface area contributed by atoms with E-state index in [9.17, 15) is 17.7 Å². The Balaban J connectivity index is 2.71. The lowest BCUT2D eigenvalue weighted by Gasteiger charge is -2.36. The standard InChI is InChI=1S/C15H21BF3N2O2/c1-9-12(8-13(22)23)10(2)15(21-6-4-20-5-7-21)11(3)14(9)16(17,18)19/h20H,4-8H2,1-3H3,(H,22,23)/q-1. The van der Waals surface area contributed by atoms with Gasteiger partial charge in [-0.05, 0) is 31.9 Å². The van der Waals surface area contributed by atoms with Crippen LogP contribution in [0.15, 0.2) is 0 Å². The van der Waals surface area contributed by atoms with E-state index in [1.807, 2.05) is 4.90 Å². The second-order valence-electron chi connectivity index (χ2n) is 6.00. The normalized spacial score (nSPS) is 15.8. The van der Waals surface area contributed by atoms with Gasteiger partial charge in [0, 0.05) is 31.9 Å². The molecule has 1 aliphatic rings. The fourth-order valence-electron chi connectivity index (χ4n) is 3.55. The molecule has 128 valence electrons. The lowest BCUT2D eigenvalue weighted by atomic mass is 9.71. The molecule has 1 heterocycles. The van der Waals surface area contributed by atoms with Crippen LogP contribution in [0.2, 0.25) is 0 Å². The molecular weight excluding hydrogens is 308 g/mol. The van der Waals surface area contributed by atoms with Crippen LogP contribution >= 0.6 is 0 Å². The number of nitrogens with zero attached hydrogens (tertiary/aromatic N) is 1. The number of halogens is 3. The minimum Gasteiger partial charge on any atom is -0.481 e. The molecule has 0 spiro atoms. The maximum Gasteiger partial charge on any atom is 0.510 e. The topological polar surface area (TPSA) is 52.6 Å². The molecule has 0 radical (unpaired) electrons. The van der Waals surface area contributed by atoms with E-state index in [-0.39, 0.29) is 16.7 Å². The van der Waals surface area contributed by atoms with Crippen LogP contribution in [0.3, 0.4) is 0 Å². The molecule has 1 fully saturated rings. The third-order valence-electron chi connectivity index (χ3n) is 4.51. The van der Waals surface area contributed by atoms with Crippen LogP contribution in [0.1, 0.15) is 22.3 Å². The van der Waals surface area contributed by atoms with Gasteiger partial charge in [0.2, 0.25) is 0 Å². The molecule has 0 atom stereocenters. The van der Waals surface area contributed by atoms with Gasteiger partial charge in [-0.1, -0.05) is 11.1 Å². The van der Waals surface area contributed by atoms with Gasteiger partial charge in [0.1, 0.15) is 0 Å². The van der Waals surface area contributed by atoms with Gasteiger partial charge in [-0.15, -0.1) is 5.46 Å². The van der Waals surface area contributed by atoms with Crippen molar-refractivity contribution in [3.63, 3.8) is 0 Å². The molecule has 1 aliphatic heterocycles. The van der Waals surface area contributed by atoms with Crippen LogP contribution in [0.25, 0.3) is 0 Å². The average molecular weight is 329 g/mol. The Hall–Kier alpha value is -1.70. The zero-order valence-corrected chi connectivity index (χ0v) is 13.5. The third kappa shape index (κ3) is 3.47. The molecule has 8 heteroatoms. The van der Waals surface area contributed by atoms with Gasteiger partial charge in [0.25, 0.3) is 0 Å². The molecule has 23 heavy (non-hydrogen) atoms. The molecule has 1 aromatic rings. The minimum atomic E-state index is -5.20. The van der Waals surface area contributed by atoms with E-state index in [2.05, 4.69) is 5.32 Å².